The average molecular weight is 125 g/mol. The standard InChI is InChI=1S/C6H7NS/c1-2-3-6-4-8-5-7-6/h2,4-5H,1,3H2. The van der Waals surface area contributed by atoms with Crippen LogP contribution in [0.25, 0.3) is 0 Å². The van der Waals surface area contributed by atoms with Gasteiger partial charge in [-0.2, -0.15) is 0 Å². The average Bonchev–Trinajstić information content (AvgIpc) is 2.19. The molecule has 0 aromatic carbocycles. The number of aromatic nitrogens is 1. The summed E-state index contributed by atoms with van der Waals surface area (Å²) in [5, 5.41) is 2.03. The largest absolute Gasteiger partial charge is 0.249 e. The maximum Gasteiger partial charge on any atom is 0.0794 e. The van der Waals surface area contributed by atoms with Gasteiger partial charge < -0.3 is 0 Å². The minimum absolute atomic E-state index is 0.892. The second-order valence-corrected chi connectivity index (χ2v) is 2.19. The Morgan fingerprint density at radius 3 is 3.25 bits per heavy atom. The van der Waals surface area contributed by atoms with Gasteiger partial charge in [-0.15, -0.1) is 17.9 Å². The van der Waals surface area contributed by atoms with E-state index in [4.69, 9.17) is 0 Å². The molecule has 1 aromatic heterocycles. The van der Waals surface area contributed by atoms with Gasteiger partial charge in [0.05, 0.1) is 11.2 Å². The molecule has 0 radical (unpaired) electrons. The lowest BCUT2D eigenvalue weighted by Crippen LogP contribution is -1.75. The molecular weight excluding hydrogens is 118 g/mol. The van der Waals surface area contributed by atoms with Crippen molar-refractivity contribution in [2.24, 2.45) is 0 Å². The zero-order valence-electron chi connectivity index (χ0n) is 4.50. The third kappa shape index (κ3) is 1.17. The van der Waals surface area contributed by atoms with Crippen molar-refractivity contribution in [1.82, 2.24) is 4.98 Å². The summed E-state index contributed by atoms with van der Waals surface area (Å²) in [6.07, 6.45) is 2.75. The minimum Gasteiger partial charge on any atom is -0.249 e. The van der Waals surface area contributed by atoms with Gasteiger partial charge in [0.25, 0.3) is 0 Å². The van der Waals surface area contributed by atoms with Crippen molar-refractivity contribution in [2.45, 2.75) is 6.42 Å². The summed E-state index contributed by atoms with van der Waals surface area (Å²) in [5.41, 5.74) is 2.95. The molecule has 0 aliphatic carbocycles. The Morgan fingerprint density at radius 1 is 1.88 bits per heavy atom. The van der Waals surface area contributed by atoms with Crippen molar-refractivity contribution in [2.75, 3.05) is 0 Å². The fourth-order valence-corrected chi connectivity index (χ4v) is 1.06. The number of thiazole rings is 1. The van der Waals surface area contributed by atoms with Gasteiger partial charge in [0.2, 0.25) is 0 Å². The molecule has 0 saturated heterocycles. The van der Waals surface area contributed by atoms with Crippen molar-refractivity contribution in [3.63, 3.8) is 0 Å². The van der Waals surface area contributed by atoms with Gasteiger partial charge in [0, 0.05) is 11.8 Å². The quantitative estimate of drug-likeness (QED) is 0.550. The normalized spacial score (nSPS) is 9.00. The maximum absolute atomic E-state index is 4.05. The molecule has 0 aliphatic heterocycles. The van der Waals surface area contributed by atoms with Crippen LogP contribution in [0.4, 0.5) is 0 Å². The highest BCUT2D eigenvalue weighted by Gasteiger charge is 1.86. The van der Waals surface area contributed by atoms with E-state index in [1.807, 2.05) is 17.0 Å². The highest BCUT2D eigenvalue weighted by atomic mass is 32.1. The molecule has 0 amide bonds. The summed E-state index contributed by atoms with van der Waals surface area (Å²) in [6, 6.07) is 0. The maximum atomic E-state index is 4.05. The van der Waals surface area contributed by atoms with E-state index >= 15 is 0 Å². The molecule has 0 saturated carbocycles. The number of nitrogens with zero attached hydrogens (tertiary/aromatic N) is 1. The van der Waals surface area contributed by atoms with E-state index in [1.165, 1.54) is 0 Å². The van der Waals surface area contributed by atoms with E-state index in [0.717, 1.165) is 12.1 Å². The SMILES string of the molecule is C=CCc1cscn1. The van der Waals surface area contributed by atoms with Crippen LogP contribution in [-0.4, -0.2) is 4.98 Å². The van der Waals surface area contributed by atoms with E-state index in [0.29, 0.717) is 0 Å². The molecule has 42 valence electrons. The van der Waals surface area contributed by atoms with Crippen molar-refractivity contribution >= 4 is 11.3 Å². The Kier molecular flexibility index (Phi) is 1.80. The van der Waals surface area contributed by atoms with Crippen LogP contribution in [0, 0.1) is 0 Å². The van der Waals surface area contributed by atoms with E-state index in [2.05, 4.69) is 11.6 Å². The van der Waals surface area contributed by atoms with Crippen LogP contribution in [0.15, 0.2) is 23.5 Å². The van der Waals surface area contributed by atoms with Crippen molar-refractivity contribution in [1.29, 1.82) is 0 Å². The second-order valence-electron chi connectivity index (χ2n) is 1.47. The molecule has 1 rings (SSSR count). The van der Waals surface area contributed by atoms with Crippen LogP contribution in [0.1, 0.15) is 5.69 Å². The fraction of sp³-hybridized carbons (Fsp3) is 0.167. The summed E-state index contributed by atoms with van der Waals surface area (Å²) in [5.74, 6) is 0. The van der Waals surface area contributed by atoms with E-state index < -0.39 is 0 Å². The first-order valence-electron chi connectivity index (χ1n) is 2.41. The smallest absolute Gasteiger partial charge is 0.0794 e. The predicted octanol–water partition coefficient (Wildman–Crippen LogP) is 1.87. The molecule has 0 unspecified atom stereocenters. The topological polar surface area (TPSA) is 12.9 Å². The zero-order chi connectivity index (χ0) is 5.82. The third-order valence-electron chi connectivity index (χ3n) is 0.837. The molecule has 0 aliphatic rings. The van der Waals surface area contributed by atoms with Crippen molar-refractivity contribution in [3.8, 4) is 0 Å². The minimum atomic E-state index is 0.892. The van der Waals surface area contributed by atoms with E-state index in [-0.39, 0.29) is 0 Å². The molecule has 0 fully saturated rings. The summed E-state index contributed by atoms with van der Waals surface area (Å²) in [7, 11) is 0. The predicted molar refractivity (Wildman–Crippen MR) is 36.0 cm³/mol. The Bertz CT molecular complexity index is 155. The number of rotatable bonds is 2. The molecule has 1 aromatic rings. The van der Waals surface area contributed by atoms with Gasteiger partial charge in [0.15, 0.2) is 0 Å². The molecule has 0 atom stereocenters. The Balaban J connectivity index is 2.62. The van der Waals surface area contributed by atoms with Crippen LogP contribution in [-0.2, 0) is 6.42 Å². The summed E-state index contributed by atoms with van der Waals surface area (Å²) in [6.45, 7) is 3.60. The summed E-state index contributed by atoms with van der Waals surface area (Å²) >= 11 is 1.62. The zero-order valence-corrected chi connectivity index (χ0v) is 5.32. The Hall–Kier alpha value is -0.630. The molecule has 2 heteroatoms. The molecule has 0 N–H and O–H groups in total. The fourth-order valence-electron chi connectivity index (χ4n) is 0.486. The molecular formula is C6H7NS. The van der Waals surface area contributed by atoms with Gasteiger partial charge in [0.1, 0.15) is 0 Å². The Morgan fingerprint density at radius 2 is 2.75 bits per heavy atom. The lowest BCUT2D eigenvalue weighted by molar-refractivity contribution is 1.16. The molecule has 1 nitrogen and oxygen atoms in total. The number of allylic oxidation sites excluding steroid dienone is 1. The van der Waals surface area contributed by atoms with Crippen LogP contribution in [0.2, 0.25) is 0 Å². The van der Waals surface area contributed by atoms with E-state index in [9.17, 15) is 0 Å². The number of hydrogen-bond donors (Lipinski definition) is 0. The highest BCUT2D eigenvalue weighted by molar-refractivity contribution is 7.07. The van der Waals surface area contributed by atoms with Crippen LogP contribution in [0.3, 0.4) is 0 Å². The summed E-state index contributed by atoms with van der Waals surface area (Å²) in [4.78, 5) is 4.05. The summed E-state index contributed by atoms with van der Waals surface area (Å²) < 4.78 is 0. The molecule has 0 spiro atoms. The third-order valence-corrected chi connectivity index (χ3v) is 1.47. The van der Waals surface area contributed by atoms with Crippen LogP contribution >= 0.6 is 11.3 Å². The van der Waals surface area contributed by atoms with Gasteiger partial charge in [-0.3, -0.25) is 0 Å². The first-order valence-corrected chi connectivity index (χ1v) is 3.35. The monoisotopic (exact) mass is 125 g/mol. The van der Waals surface area contributed by atoms with Gasteiger partial charge in [-0.1, -0.05) is 6.08 Å². The lowest BCUT2D eigenvalue weighted by atomic mass is 10.3. The number of hydrogen-bond acceptors (Lipinski definition) is 2. The lowest BCUT2D eigenvalue weighted by Gasteiger charge is -1.80. The highest BCUT2D eigenvalue weighted by Crippen LogP contribution is 2.00. The van der Waals surface area contributed by atoms with Crippen LogP contribution < -0.4 is 0 Å². The second kappa shape index (κ2) is 2.62. The molecule has 8 heavy (non-hydrogen) atoms. The molecule has 1 heterocycles. The molecule has 0 bridgehead atoms. The van der Waals surface area contributed by atoms with Crippen molar-refractivity contribution in [3.05, 3.63) is 29.2 Å². The first kappa shape index (κ1) is 5.51. The Labute approximate surface area is 52.7 Å². The van der Waals surface area contributed by atoms with Crippen LogP contribution in [0.5, 0.6) is 0 Å². The van der Waals surface area contributed by atoms with Gasteiger partial charge in [-0.25, -0.2) is 4.98 Å². The van der Waals surface area contributed by atoms with Gasteiger partial charge in [-0.05, 0) is 0 Å². The van der Waals surface area contributed by atoms with Gasteiger partial charge >= 0.3 is 0 Å². The first-order chi connectivity index (χ1) is 3.93. The van der Waals surface area contributed by atoms with E-state index in [1.54, 1.807) is 11.3 Å². The van der Waals surface area contributed by atoms with Crippen molar-refractivity contribution < 1.29 is 0 Å².